The van der Waals surface area contributed by atoms with Crippen LogP contribution in [0.3, 0.4) is 0 Å². The lowest BCUT2D eigenvalue weighted by atomic mass is 9.79. The smallest absolute Gasteiger partial charge is 0.219 e. The highest BCUT2D eigenvalue weighted by Crippen LogP contribution is 2.36. The molecule has 0 amide bonds. The van der Waals surface area contributed by atoms with E-state index in [0.717, 1.165) is 37.4 Å². The molecule has 0 unspecified atom stereocenters. The quantitative estimate of drug-likeness (QED) is 0.259. The fourth-order valence-corrected chi connectivity index (χ4v) is 4.43. The van der Waals surface area contributed by atoms with Crippen molar-refractivity contribution in [3.63, 3.8) is 0 Å². The second-order valence-corrected chi connectivity index (χ2v) is 8.63. The van der Waals surface area contributed by atoms with Gasteiger partial charge in [-0.3, -0.25) is 0 Å². The molecule has 0 N–H and O–H groups in total. The van der Waals surface area contributed by atoms with Gasteiger partial charge in [0.05, 0.1) is 0 Å². The maximum Gasteiger partial charge on any atom is 0.219 e. The Morgan fingerprint density at radius 2 is 1.48 bits per heavy atom. The topological polar surface area (TPSA) is 25.8 Å². The predicted molar refractivity (Wildman–Crippen MR) is 113 cm³/mol. The molecule has 1 aromatic rings. The molecule has 1 aliphatic rings. The minimum Gasteiger partial charge on any atom is -0.241 e. The third kappa shape index (κ3) is 8.27. The molecule has 154 valence electrons. The Balaban J connectivity index is 1.70. The van der Waals surface area contributed by atoms with Gasteiger partial charge in [0.15, 0.2) is 0 Å². The number of nitrogens with zero attached hydrogens (tertiary/aromatic N) is 2. The van der Waals surface area contributed by atoms with Crippen LogP contribution in [0.1, 0.15) is 127 Å². The standard InChI is InChI=1S/C24H41FN2/c1-3-5-7-8-9-10-12-14-22-19-26-24(27-23(22)25)21-17-15-20(16-18-21)13-11-6-4-2/h19-21H,3-18H2,1-2H3/t20-,21-. The third-order valence-electron chi connectivity index (χ3n) is 6.31. The van der Waals surface area contributed by atoms with E-state index in [1.54, 1.807) is 6.20 Å². The van der Waals surface area contributed by atoms with Crippen molar-refractivity contribution in [2.75, 3.05) is 0 Å². The summed E-state index contributed by atoms with van der Waals surface area (Å²) in [5, 5.41) is 0. The minimum absolute atomic E-state index is 0.268. The van der Waals surface area contributed by atoms with Crippen LogP contribution in [-0.2, 0) is 6.42 Å². The summed E-state index contributed by atoms with van der Waals surface area (Å²) in [6.45, 7) is 4.51. The molecular weight excluding hydrogens is 335 g/mol. The summed E-state index contributed by atoms with van der Waals surface area (Å²) >= 11 is 0. The Bertz CT molecular complexity index is 509. The van der Waals surface area contributed by atoms with Gasteiger partial charge in [0.2, 0.25) is 5.95 Å². The Labute approximate surface area is 166 Å². The van der Waals surface area contributed by atoms with Crippen LogP contribution in [0.25, 0.3) is 0 Å². The van der Waals surface area contributed by atoms with Crippen molar-refractivity contribution >= 4 is 0 Å². The third-order valence-corrected chi connectivity index (χ3v) is 6.31. The van der Waals surface area contributed by atoms with E-state index in [2.05, 4.69) is 23.8 Å². The van der Waals surface area contributed by atoms with Crippen LogP contribution >= 0.6 is 0 Å². The Morgan fingerprint density at radius 1 is 0.852 bits per heavy atom. The second-order valence-electron chi connectivity index (χ2n) is 8.63. The van der Waals surface area contributed by atoms with Crippen LogP contribution in [0, 0.1) is 11.9 Å². The number of unbranched alkanes of at least 4 members (excludes halogenated alkanes) is 8. The Kier molecular flexibility index (Phi) is 10.9. The molecule has 0 spiro atoms. The molecule has 0 saturated heterocycles. The van der Waals surface area contributed by atoms with Crippen molar-refractivity contribution in [1.82, 2.24) is 9.97 Å². The number of halogens is 1. The lowest BCUT2D eigenvalue weighted by Crippen LogP contribution is -2.16. The van der Waals surface area contributed by atoms with Crippen LogP contribution in [-0.4, -0.2) is 9.97 Å². The zero-order valence-corrected chi connectivity index (χ0v) is 17.8. The van der Waals surface area contributed by atoms with E-state index in [1.807, 2.05) is 0 Å². The number of aromatic nitrogens is 2. The SMILES string of the molecule is CCCCCCCCCc1cnc([C@H]2CC[C@H](CCCCC)CC2)nc1F. The first-order chi connectivity index (χ1) is 13.2. The molecule has 1 saturated carbocycles. The van der Waals surface area contributed by atoms with Crippen molar-refractivity contribution in [3.8, 4) is 0 Å². The van der Waals surface area contributed by atoms with Crippen LogP contribution in [0.2, 0.25) is 0 Å². The van der Waals surface area contributed by atoms with Crippen LogP contribution in [0.4, 0.5) is 4.39 Å². The van der Waals surface area contributed by atoms with E-state index >= 15 is 0 Å². The van der Waals surface area contributed by atoms with Crippen molar-refractivity contribution in [3.05, 3.63) is 23.5 Å². The van der Waals surface area contributed by atoms with E-state index in [1.165, 1.54) is 77.0 Å². The fraction of sp³-hybridized carbons (Fsp3) is 0.833. The minimum atomic E-state index is -0.268. The lowest BCUT2D eigenvalue weighted by molar-refractivity contribution is 0.295. The molecule has 27 heavy (non-hydrogen) atoms. The van der Waals surface area contributed by atoms with Gasteiger partial charge in [-0.25, -0.2) is 9.97 Å². The summed E-state index contributed by atoms with van der Waals surface area (Å²) in [6, 6.07) is 0. The van der Waals surface area contributed by atoms with E-state index < -0.39 is 0 Å². The molecule has 0 aromatic carbocycles. The van der Waals surface area contributed by atoms with Crippen molar-refractivity contribution in [2.24, 2.45) is 5.92 Å². The number of rotatable bonds is 13. The molecule has 1 aromatic heterocycles. The van der Waals surface area contributed by atoms with E-state index in [4.69, 9.17) is 0 Å². The van der Waals surface area contributed by atoms with Crippen LogP contribution in [0.5, 0.6) is 0 Å². The van der Waals surface area contributed by atoms with Gasteiger partial charge in [-0.05, 0) is 44.4 Å². The summed E-state index contributed by atoms with van der Waals surface area (Å²) in [4.78, 5) is 8.81. The summed E-state index contributed by atoms with van der Waals surface area (Å²) < 4.78 is 14.4. The largest absolute Gasteiger partial charge is 0.241 e. The van der Waals surface area contributed by atoms with Gasteiger partial charge in [0.25, 0.3) is 0 Å². The van der Waals surface area contributed by atoms with Gasteiger partial charge in [0, 0.05) is 17.7 Å². The Morgan fingerprint density at radius 3 is 2.15 bits per heavy atom. The van der Waals surface area contributed by atoms with E-state index in [-0.39, 0.29) is 5.95 Å². The highest BCUT2D eigenvalue weighted by atomic mass is 19.1. The maximum atomic E-state index is 14.4. The van der Waals surface area contributed by atoms with Crippen LogP contribution < -0.4 is 0 Å². The first-order valence-corrected chi connectivity index (χ1v) is 11.8. The van der Waals surface area contributed by atoms with Crippen LogP contribution in [0.15, 0.2) is 6.20 Å². The molecule has 0 atom stereocenters. The maximum absolute atomic E-state index is 14.4. The zero-order chi connectivity index (χ0) is 19.3. The van der Waals surface area contributed by atoms with Crippen molar-refractivity contribution in [2.45, 2.75) is 122 Å². The van der Waals surface area contributed by atoms with Gasteiger partial charge >= 0.3 is 0 Å². The molecule has 3 heteroatoms. The molecule has 1 fully saturated rings. The molecule has 0 radical (unpaired) electrons. The van der Waals surface area contributed by atoms with Gasteiger partial charge in [-0.2, -0.15) is 4.39 Å². The van der Waals surface area contributed by atoms with Crippen molar-refractivity contribution in [1.29, 1.82) is 0 Å². The highest BCUT2D eigenvalue weighted by Gasteiger charge is 2.24. The molecule has 1 aliphatic carbocycles. The van der Waals surface area contributed by atoms with Gasteiger partial charge < -0.3 is 0 Å². The lowest BCUT2D eigenvalue weighted by Gasteiger charge is -2.27. The zero-order valence-electron chi connectivity index (χ0n) is 17.8. The van der Waals surface area contributed by atoms with Crippen molar-refractivity contribution < 1.29 is 4.39 Å². The van der Waals surface area contributed by atoms with E-state index in [9.17, 15) is 4.39 Å². The number of aryl methyl sites for hydroxylation is 1. The summed E-state index contributed by atoms with van der Waals surface area (Å²) in [7, 11) is 0. The molecule has 1 heterocycles. The van der Waals surface area contributed by atoms with Gasteiger partial charge in [-0.15, -0.1) is 0 Å². The average Bonchev–Trinajstić information content (AvgIpc) is 2.69. The first kappa shape index (κ1) is 22.3. The predicted octanol–water partition coefficient (Wildman–Crippen LogP) is 7.76. The number of hydrogen-bond acceptors (Lipinski definition) is 2. The molecular formula is C24H41FN2. The van der Waals surface area contributed by atoms with Gasteiger partial charge in [-0.1, -0.05) is 78.1 Å². The first-order valence-electron chi connectivity index (χ1n) is 11.8. The van der Waals surface area contributed by atoms with E-state index in [0.29, 0.717) is 11.5 Å². The summed E-state index contributed by atoms with van der Waals surface area (Å²) in [6.07, 6.45) is 21.5. The monoisotopic (exact) mass is 376 g/mol. The second kappa shape index (κ2) is 13.2. The molecule has 2 rings (SSSR count). The average molecular weight is 377 g/mol. The Hall–Kier alpha value is -0.990. The summed E-state index contributed by atoms with van der Waals surface area (Å²) in [5.74, 6) is 1.72. The normalized spacial score (nSPS) is 20.1. The molecule has 0 bridgehead atoms. The number of hydrogen-bond donors (Lipinski definition) is 0. The van der Waals surface area contributed by atoms with Gasteiger partial charge in [0.1, 0.15) is 5.82 Å². The highest BCUT2D eigenvalue weighted by molar-refractivity contribution is 5.10. The summed E-state index contributed by atoms with van der Waals surface area (Å²) in [5.41, 5.74) is 0.709. The molecule has 2 nitrogen and oxygen atoms in total. The fourth-order valence-electron chi connectivity index (χ4n) is 4.43. The molecule has 0 aliphatic heterocycles.